The van der Waals surface area contributed by atoms with Crippen molar-refractivity contribution in [3.05, 3.63) is 29.8 Å². The third kappa shape index (κ3) is 2.91. The Morgan fingerprint density at radius 3 is 2.57 bits per heavy atom. The largest absolute Gasteiger partial charge is 0.506 e. The Morgan fingerprint density at radius 2 is 2.05 bits per heavy atom. The molecule has 0 saturated carbocycles. The average molecular weight is 286 g/mol. The SMILES string of the molecule is CC(C)(C)OC(=O)n1c(B(O)O)cc2cccc(C#N)c21. The van der Waals surface area contributed by atoms with Gasteiger partial charge in [0.15, 0.2) is 0 Å². The highest BCUT2D eigenvalue weighted by atomic mass is 16.6. The van der Waals surface area contributed by atoms with Crippen LogP contribution in [0.5, 0.6) is 0 Å². The van der Waals surface area contributed by atoms with Crippen molar-refractivity contribution >= 4 is 29.7 Å². The first-order valence-corrected chi connectivity index (χ1v) is 6.38. The maximum Gasteiger partial charge on any atom is 0.506 e. The van der Waals surface area contributed by atoms with Gasteiger partial charge in [-0.05, 0) is 32.9 Å². The van der Waals surface area contributed by atoms with Crippen LogP contribution in [-0.4, -0.2) is 33.4 Å². The second-order valence-electron chi connectivity index (χ2n) is 5.61. The van der Waals surface area contributed by atoms with E-state index in [0.717, 1.165) is 4.57 Å². The van der Waals surface area contributed by atoms with Gasteiger partial charge in [0.25, 0.3) is 0 Å². The van der Waals surface area contributed by atoms with E-state index in [2.05, 4.69) is 0 Å². The Labute approximate surface area is 122 Å². The molecule has 0 aliphatic rings. The van der Waals surface area contributed by atoms with Gasteiger partial charge in [-0.2, -0.15) is 5.26 Å². The van der Waals surface area contributed by atoms with Crippen LogP contribution < -0.4 is 5.59 Å². The van der Waals surface area contributed by atoms with E-state index in [0.29, 0.717) is 10.9 Å². The molecule has 0 atom stereocenters. The number of nitriles is 1. The summed E-state index contributed by atoms with van der Waals surface area (Å²) in [4.78, 5) is 12.3. The number of fused-ring (bicyclic) bond motifs is 1. The van der Waals surface area contributed by atoms with E-state index in [1.54, 1.807) is 39.0 Å². The lowest BCUT2D eigenvalue weighted by Gasteiger charge is -2.21. The molecular weight excluding hydrogens is 271 g/mol. The minimum atomic E-state index is -1.85. The molecule has 0 fully saturated rings. The number of carbonyl (C=O) groups excluding carboxylic acids is 1. The summed E-state index contributed by atoms with van der Waals surface area (Å²) >= 11 is 0. The highest BCUT2D eigenvalue weighted by Gasteiger charge is 2.28. The monoisotopic (exact) mass is 286 g/mol. The van der Waals surface area contributed by atoms with Gasteiger partial charge in [0.1, 0.15) is 11.7 Å². The molecule has 0 spiro atoms. The predicted molar refractivity (Wildman–Crippen MR) is 78.1 cm³/mol. The van der Waals surface area contributed by atoms with Gasteiger partial charge in [0, 0.05) is 5.39 Å². The van der Waals surface area contributed by atoms with Crippen LogP contribution in [0, 0.1) is 11.3 Å². The fourth-order valence-corrected chi connectivity index (χ4v) is 2.06. The van der Waals surface area contributed by atoms with Crippen molar-refractivity contribution in [3.8, 4) is 6.07 Å². The van der Waals surface area contributed by atoms with Crippen molar-refractivity contribution in [2.75, 3.05) is 0 Å². The molecule has 0 radical (unpaired) electrons. The summed E-state index contributed by atoms with van der Waals surface area (Å²) in [5.74, 6) is 0. The summed E-state index contributed by atoms with van der Waals surface area (Å²) < 4.78 is 6.30. The van der Waals surface area contributed by atoms with Crippen molar-refractivity contribution in [3.63, 3.8) is 0 Å². The number of rotatable bonds is 1. The van der Waals surface area contributed by atoms with Crippen LogP contribution >= 0.6 is 0 Å². The summed E-state index contributed by atoms with van der Waals surface area (Å²) in [6.07, 6.45) is -0.761. The van der Waals surface area contributed by atoms with Gasteiger partial charge in [-0.1, -0.05) is 12.1 Å². The standard InChI is InChI=1S/C14H15BN2O4/c1-14(2,3)21-13(18)17-11(15(19)20)7-9-5-4-6-10(8-16)12(9)17/h4-7,19-20H,1-3H3. The van der Waals surface area contributed by atoms with Crippen molar-refractivity contribution in [2.45, 2.75) is 26.4 Å². The van der Waals surface area contributed by atoms with E-state index in [9.17, 15) is 20.1 Å². The summed E-state index contributed by atoms with van der Waals surface area (Å²) in [5, 5.41) is 28.7. The Morgan fingerprint density at radius 1 is 1.38 bits per heavy atom. The van der Waals surface area contributed by atoms with Gasteiger partial charge >= 0.3 is 13.2 Å². The summed E-state index contributed by atoms with van der Waals surface area (Å²) in [5.41, 5.74) is -0.225. The molecule has 7 heteroatoms. The van der Waals surface area contributed by atoms with Gasteiger partial charge in [-0.3, -0.25) is 4.57 Å². The van der Waals surface area contributed by atoms with E-state index in [-0.39, 0.29) is 11.2 Å². The smallest absolute Gasteiger partial charge is 0.443 e. The first-order valence-electron chi connectivity index (χ1n) is 6.38. The molecule has 21 heavy (non-hydrogen) atoms. The van der Waals surface area contributed by atoms with E-state index in [1.165, 1.54) is 6.07 Å². The molecule has 0 unspecified atom stereocenters. The summed E-state index contributed by atoms with van der Waals surface area (Å²) in [6.45, 7) is 5.12. The number of carbonyl (C=O) groups is 1. The van der Waals surface area contributed by atoms with Gasteiger partial charge in [0.05, 0.1) is 16.7 Å². The minimum Gasteiger partial charge on any atom is -0.443 e. The van der Waals surface area contributed by atoms with E-state index in [1.807, 2.05) is 6.07 Å². The van der Waals surface area contributed by atoms with Gasteiger partial charge < -0.3 is 14.8 Å². The molecule has 1 heterocycles. The number of benzene rings is 1. The lowest BCUT2D eigenvalue weighted by atomic mass is 9.86. The zero-order valence-electron chi connectivity index (χ0n) is 12.0. The van der Waals surface area contributed by atoms with E-state index >= 15 is 0 Å². The fourth-order valence-electron chi connectivity index (χ4n) is 2.06. The molecule has 2 aromatic rings. The molecule has 2 N–H and O–H groups in total. The second-order valence-corrected chi connectivity index (χ2v) is 5.61. The molecular formula is C14H15BN2O4. The van der Waals surface area contributed by atoms with Crippen molar-refractivity contribution < 1.29 is 19.6 Å². The first kappa shape index (κ1) is 15.1. The number of hydrogen-bond donors (Lipinski definition) is 2. The molecule has 0 aliphatic carbocycles. The maximum absolute atomic E-state index is 12.3. The van der Waals surface area contributed by atoms with Crippen molar-refractivity contribution in [2.24, 2.45) is 0 Å². The molecule has 0 amide bonds. The minimum absolute atomic E-state index is 0.0399. The normalized spacial score (nSPS) is 11.2. The van der Waals surface area contributed by atoms with Crippen LogP contribution in [0.2, 0.25) is 0 Å². The number of hydrogen-bond acceptors (Lipinski definition) is 5. The predicted octanol–water partition coefficient (Wildman–Crippen LogP) is 0.976. The summed E-state index contributed by atoms with van der Waals surface area (Å²) in [7, 11) is -1.85. The van der Waals surface area contributed by atoms with Crippen molar-refractivity contribution in [1.82, 2.24) is 4.57 Å². The fraction of sp³-hybridized carbons (Fsp3) is 0.286. The van der Waals surface area contributed by atoms with Crippen LogP contribution in [0.1, 0.15) is 26.3 Å². The van der Waals surface area contributed by atoms with Crippen LogP contribution in [0.15, 0.2) is 24.3 Å². The Hall–Kier alpha value is -2.30. The quantitative estimate of drug-likeness (QED) is 0.762. The zero-order chi connectivity index (χ0) is 15.8. The van der Waals surface area contributed by atoms with E-state index in [4.69, 9.17) is 4.74 Å². The number of aromatic nitrogens is 1. The topological polar surface area (TPSA) is 95.5 Å². The van der Waals surface area contributed by atoms with Crippen LogP contribution in [0.4, 0.5) is 4.79 Å². The molecule has 108 valence electrons. The van der Waals surface area contributed by atoms with Gasteiger partial charge in [0.2, 0.25) is 0 Å². The summed E-state index contributed by atoms with van der Waals surface area (Å²) in [6, 6.07) is 8.33. The lowest BCUT2D eigenvalue weighted by molar-refractivity contribution is 0.0547. The van der Waals surface area contributed by atoms with E-state index < -0.39 is 18.8 Å². The molecule has 0 aliphatic heterocycles. The highest BCUT2D eigenvalue weighted by Crippen LogP contribution is 2.20. The first-order chi connectivity index (χ1) is 9.74. The van der Waals surface area contributed by atoms with Crippen LogP contribution in [-0.2, 0) is 4.74 Å². The lowest BCUT2D eigenvalue weighted by Crippen LogP contribution is -2.41. The number of ether oxygens (including phenoxy) is 1. The van der Waals surface area contributed by atoms with Gasteiger partial charge in [-0.15, -0.1) is 0 Å². The molecule has 1 aromatic carbocycles. The third-order valence-corrected chi connectivity index (χ3v) is 2.81. The van der Waals surface area contributed by atoms with Crippen LogP contribution in [0.25, 0.3) is 10.9 Å². The Kier molecular flexibility index (Phi) is 3.77. The second kappa shape index (κ2) is 5.24. The number of nitrogens with zero attached hydrogens (tertiary/aromatic N) is 2. The van der Waals surface area contributed by atoms with Gasteiger partial charge in [-0.25, -0.2) is 4.79 Å². The Balaban J connectivity index is 2.72. The Bertz CT molecular complexity index is 738. The third-order valence-electron chi connectivity index (χ3n) is 2.81. The molecule has 2 rings (SSSR count). The van der Waals surface area contributed by atoms with Crippen LogP contribution in [0.3, 0.4) is 0 Å². The molecule has 6 nitrogen and oxygen atoms in total. The zero-order valence-corrected chi connectivity index (χ0v) is 12.0. The number of para-hydroxylation sites is 1. The highest BCUT2D eigenvalue weighted by molar-refractivity contribution is 6.59. The maximum atomic E-state index is 12.3. The molecule has 1 aromatic heterocycles. The molecule has 0 bridgehead atoms. The van der Waals surface area contributed by atoms with Crippen molar-refractivity contribution in [1.29, 1.82) is 5.26 Å². The average Bonchev–Trinajstić information content (AvgIpc) is 2.76. The molecule has 0 saturated heterocycles.